The van der Waals surface area contributed by atoms with Crippen LogP contribution in [0.15, 0.2) is 79.3 Å². The number of halogens is 3. The van der Waals surface area contributed by atoms with Crippen molar-refractivity contribution in [3.05, 3.63) is 95.9 Å². The summed E-state index contributed by atoms with van der Waals surface area (Å²) in [5.74, 6) is 0.428. The highest BCUT2D eigenvalue weighted by atomic mass is 19.4. The molecule has 7 nitrogen and oxygen atoms in total. The predicted octanol–water partition coefficient (Wildman–Crippen LogP) is 6.39. The zero-order valence-corrected chi connectivity index (χ0v) is 18.8. The Morgan fingerprint density at radius 1 is 1.03 bits per heavy atom. The first-order valence-electron chi connectivity index (χ1n) is 10.8. The van der Waals surface area contributed by atoms with E-state index < -0.39 is 17.6 Å². The quantitative estimate of drug-likeness (QED) is 0.298. The third-order valence-electron chi connectivity index (χ3n) is 5.40. The normalized spacial score (nSPS) is 11.4. The number of carbonyl (C=O) groups is 1. The topological polar surface area (TPSA) is 92.8 Å². The minimum absolute atomic E-state index is 0.113. The van der Waals surface area contributed by atoms with E-state index in [2.05, 4.69) is 25.3 Å². The lowest BCUT2D eigenvalue weighted by Crippen LogP contribution is -2.14. The molecule has 180 valence electrons. The second-order valence-electron chi connectivity index (χ2n) is 7.95. The van der Waals surface area contributed by atoms with Crippen LogP contribution >= 0.6 is 0 Å². The fourth-order valence-electron chi connectivity index (χ4n) is 3.55. The summed E-state index contributed by atoms with van der Waals surface area (Å²) >= 11 is 0. The first kappa shape index (κ1) is 23.0. The van der Waals surface area contributed by atoms with Gasteiger partial charge in [0.1, 0.15) is 11.3 Å². The van der Waals surface area contributed by atoms with Crippen LogP contribution in [-0.2, 0) is 6.18 Å². The lowest BCUT2D eigenvalue weighted by atomic mass is 10.1. The van der Waals surface area contributed by atoms with Crippen LogP contribution in [-0.4, -0.2) is 25.8 Å². The molecule has 10 heteroatoms. The number of aromatic nitrogens is 4. The Hall–Kier alpha value is -4.73. The molecule has 2 aromatic carbocycles. The summed E-state index contributed by atoms with van der Waals surface area (Å²) in [5, 5.41) is 2.62. The number of fused-ring (bicyclic) bond motifs is 1. The zero-order valence-electron chi connectivity index (χ0n) is 18.8. The summed E-state index contributed by atoms with van der Waals surface area (Å²) in [6.45, 7) is 1.82. The molecule has 36 heavy (non-hydrogen) atoms. The molecule has 0 aliphatic carbocycles. The van der Waals surface area contributed by atoms with E-state index in [0.29, 0.717) is 33.9 Å². The van der Waals surface area contributed by atoms with Gasteiger partial charge >= 0.3 is 6.18 Å². The van der Waals surface area contributed by atoms with Crippen LogP contribution in [0.2, 0.25) is 0 Å². The number of hydrogen-bond donors (Lipinski definition) is 2. The Kier molecular flexibility index (Phi) is 5.85. The highest BCUT2D eigenvalue weighted by Crippen LogP contribution is 2.33. The first-order valence-corrected chi connectivity index (χ1v) is 10.8. The largest absolute Gasteiger partial charge is 0.437 e. The summed E-state index contributed by atoms with van der Waals surface area (Å²) in [4.78, 5) is 28.9. The molecule has 2 N–H and O–H groups in total. The number of aryl methyl sites for hydroxylation is 1. The number of aromatic amines is 1. The van der Waals surface area contributed by atoms with Crippen molar-refractivity contribution in [2.45, 2.75) is 13.1 Å². The minimum atomic E-state index is -4.55. The number of nitrogens with zero attached hydrogens (tertiary/aromatic N) is 3. The van der Waals surface area contributed by atoms with Gasteiger partial charge in [-0.3, -0.25) is 9.78 Å². The van der Waals surface area contributed by atoms with Crippen molar-refractivity contribution in [1.82, 2.24) is 19.9 Å². The molecule has 0 saturated carbocycles. The molecule has 3 aromatic heterocycles. The van der Waals surface area contributed by atoms with Crippen LogP contribution in [0.25, 0.3) is 22.4 Å². The number of rotatable bonds is 5. The Morgan fingerprint density at radius 2 is 1.89 bits per heavy atom. The SMILES string of the molecule is Cc1ccc(NC(=O)c2cccc(C(F)(F)F)c2)cc1Oc1nc(-c2cccnc2)nc2cc[nH]c12. The van der Waals surface area contributed by atoms with Crippen molar-refractivity contribution < 1.29 is 22.7 Å². The van der Waals surface area contributed by atoms with Crippen LogP contribution in [0.4, 0.5) is 18.9 Å². The van der Waals surface area contributed by atoms with Crippen LogP contribution in [0.5, 0.6) is 11.6 Å². The Labute approximate surface area is 203 Å². The predicted molar refractivity (Wildman–Crippen MR) is 128 cm³/mol. The molecule has 0 radical (unpaired) electrons. The maximum absolute atomic E-state index is 13.0. The van der Waals surface area contributed by atoms with Crippen molar-refractivity contribution in [1.29, 1.82) is 0 Å². The maximum atomic E-state index is 13.0. The molecule has 5 aromatic rings. The molecule has 0 saturated heterocycles. The van der Waals surface area contributed by atoms with E-state index in [-0.39, 0.29) is 11.4 Å². The van der Waals surface area contributed by atoms with Gasteiger partial charge in [-0.1, -0.05) is 12.1 Å². The lowest BCUT2D eigenvalue weighted by Gasteiger charge is -2.13. The molecular formula is C26H18F3N5O2. The number of nitrogens with one attached hydrogen (secondary N) is 2. The fourth-order valence-corrected chi connectivity index (χ4v) is 3.55. The number of alkyl halides is 3. The molecule has 0 spiro atoms. The van der Waals surface area contributed by atoms with E-state index in [4.69, 9.17) is 4.74 Å². The number of pyridine rings is 1. The van der Waals surface area contributed by atoms with E-state index >= 15 is 0 Å². The summed E-state index contributed by atoms with van der Waals surface area (Å²) in [7, 11) is 0. The molecular weight excluding hydrogens is 471 g/mol. The molecule has 0 fully saturated rings. The van der Waals surface area contributed by atoms with Gasteiger partial charge < -0.3 is 15.0 Å². The minimum Gasteiger partial charge on any atom is -0.437 e. The van der Waals surface area contributed by atoms with Gasteiger partial charge in [0.2, 0.25) is 5.88 Å². The number of H-pyrrole nitrogens is 1. The second kappa shape index (κ2) is 9.14. The third-order valence-corrected chi connectivity index (χ3v) is 5.40. The highest BCUT2D eigenvalue weighted by molar-refractivity contribution is 6.04. The average Bonchev–Trinajstić information content (AvgIpc) is 3.35. The van der Waals surface area contributed by atoms with Crippen molar-refractivity contribution in [3.63, 3.8) is 0 Å². The van der Waals surface area contributed by atoms with E-state index in [1.54, 1.807) is 48.9 Å². The van der Waals surface area contributed by atoms with Crippen LogP contribution in [0.3, 0.4) is 0 Å². The van der Waals surface area contributed by atoms with Crippen molar-refractivity contribution in [2.24, 2.45) is 0 Å². The average molecular weight is 489 g/mol. The summed E-state index contributed by atoms with van der Waals surface area (Å²) in [5.41, 5.74) is 2.04. The van der Waals surface area contributed by atoms with Crippen LogP contribution < -0.4 is 10.1 Å². The van der Waals surface area contributed by atoms with E-state index in [1.165, 1.54) is 12.1 Å². The van der Waals surface area contributed by atoms with Crippen LogP contribution in [0, 0.1) is 6.92 Å². The Bertz CT molecular complexity index is 1570. The summed E-state index contributed by atoms with van der Waals surface area (Å²) < 4.78 is 45.2. The molecule has 0 atom stereocenters. The maximum Gasteiger partial charge on any atom is 0.416 e. The number of ether oxygens (including phenoxy) is 1. The van der Waals surface area contributed by atoms with Gasteiger partial charge in [-0.15, -0.1) is 0 Å². The first-order chi connectivity index (χ1) is 17.3. The van der Waals surface area contributed by atoms with Gasteiger partial charge in [-0.25, -0.2) is 4.98 Å². The molecule has 0 unspecified atom stereocenters. The van der Waals surface area contributed by atoms with E-state index in [1.807, 2.05) is 13.0 Å². The smallest absolute Gasteiger partial charge is 0.416 e. The number of anilines is 1. The molecule has 1 amide bonds. The van der Waals surface area contributed by atoms with Gasteiger partial charge in [0.25, 0.3) is 5.91 Å². The molecule has 0 bridgehead atoms. The third kappa shape index (κ3) is 4.74. The monoisotopic (exact) mass is 489 g/mol. The fraction of sp³-hybridized carbons (Fsp3) is 0.0769. The van der Waals surface area contributed by atoms with Crippen molar-refractivity contribution >= 4 is 22.6 Å². The summed E-state index contributed by atoms with van der Waals surface area (Å²) in [6, 6.07) is 14.6. The standard InChI is InChI=1S/C26H18F3N5O2/c1-15-7-8-19(32-24(35)16-4-2-6-18(12-16)26(27,28)29)13-21(15)36-25-22-20(9-11-31-22)33-23(34-25)17-5-3-10-30-14-17/h2-14,31H,1H3,(H,32,35). The van der Waals surface area contributed by atoms with Gasteiger partial charge in [0, 0.05) is 41.5 Å². The van der Waals surface area contributed by atoms with Gasteiger partial charge in [-0.05, 0) is 55.0 Å². The zero-order chi connectivity index (χ0) is 25.3. The van der Waals surface area contributed by atoms with E-state index in [0.717, 1.165) is 17.7 Å². The van der Waals surface area contributed by atoms with Crippen LogP contribution in [0.1, 0.15) is 21.5 Å². The molecule has 0 aliphatic rings. The molecule has 5 rings (SSSR count). The number of hydrogen-bond acceptors (Lipinski definition) is 5. The van der Waals surface area contributed by atoms with Gasteiger partial charge in [-0.2, -0.15) is 18.2 Å². The number of carbonyl (C=O) groups excluding carboxylic acids is 1. The molecule has 0 aliphatic heterocycles. The van der Waals surface area contributed by atoms with Gasteiger partial charge in [0.15, 0.2) is 5.82 Å². The second-order valence-corrected chi connectivity index (χ2v) is 7.95. The molecule has 3 heterocycles. The van der Waals surface area contributed by atoms with Crippen molar-refractivity contribution in [3.8, 4) is 23.0 Å². The Morgan fingerprint density at radius 3 is 2.67 bits per heavy atom. The highest BCUT2D eigenvalue weighted by Gasteiger charge is 2.31. The number of benzene rings is 2. The number of amides is 1. The van der Waals surface area contributed by atoms with Crippen molar-refractivity contribution in [2.75, 3.05) is 5.32 Å². The Balaban J connectivity index is 1.44. The lowest BCUT2D eigenvalue weighted by molar-refractivity contribution is -0.137. The van der Waals surface area contributed by atoms with E-state index in [9.17, 15) is 18.0 Å². The summed E-state index contributed by atoms with van der Waals surface area (Å²) in [6.07, 6.45) is 0.472. The van der Waals surface area contributed by atoms with Gasteiger partial charge in [0.05, 0.1) is 11.1 Å².